The van der Waals surface area contributed by atoms with E-state index in [0.717, 1.165) is 63.2 Å². The van der Waals surface area contributed by atoms with Gasteiger partial charge in [0, 0.05) is 49.4 Å². The predicted octanol–water partition coefficient (Wildman–Crippen LogP) is 3.98. The van der Waals surface area contributed by atoms with Gasteiger partial charge in [-0.05, 0) is 74.2 Å². The molecule has 2 saturated heterocycles. The first-order chi connectivity index (χ1) is 17.1. The minimum atomic E-state index is -3.20. The zero-order valence-electron chi connectivity index (χ0n) is 21.1. The van der Waals surface area contributed by atoms with Gasteiger partial charge in [-0.1, -0.05) is 13.8 Å². The van der Waals surface area contributed by atoms with Crippen LogP contribution in [0.5, 0.6) is 0 Å². The van der Waals surface area contributed by atoms with Gasteiger partial charge >= 0.3 is 0 Å². The molecule has 7 nitrogen and oxygen atoms in total. The van der Waals surface area contributed by atoms with Crippen LogP contribution < -0.4 is 9.80 Å². The molecular formula is C27H36N2O5S2. The first kappa shape index (κ1) is 26.7. The maximum Gasteiger partial charge on any atom is 0.178 e. The molecule has 0 N–H and O–H groups in total. The standard InChI is InChI=1S/C27H36N2O5S2/c1-3-35(31,32)25-9-5-23(6-10-25)28-17-13-21(14-18-28)27(30)22-15-19-29(20-16-22)24-7-11-26(12-8-24)36(33,34)4-2/h5-12,21-22H,3-4,13-20H2,1-2H3. The maximum absolute atomic E-state index is 13.2. The third-order valence-electron chi connectivity index (χ3n) is 7.68. The monoisotopic (exact) mass is 532 g/mol. The van der Waals surface area contributed by atoms with E-state index in [-0.39, 0.29) is 23.3 Å². The third-order valence-corrected chi connectivity index (χ3v) is 11.2. The molecule has 9 heteroatoms. The minimum Gasteiger partial charge on any atom is -0.371 e. The number of sulfone groups is 2. The molecule has 2 heterocycles. The second-order valence-electron chi connectivity index (χ2n) is 9.72. The quantitative estimate of drug-likeness (QED) is 0.508. The Balaban J connectivity index is 1.28. The third kappa shape index (κ3) is 5.78. The molecule has 0 aromatic heterocycles. The molecule has 0 radical (unpaired) electrons. The van der Waals surface area contributed by atoms with Crippen molar-refractivity contribution in [3.05, 3.63) is 48.5 Å². The number of anilines is 2. The lowest BCUT2D eigenvalue weighted by molar-refractivity contribution is -0.128. The highest BCUT2D eigenvalue weighted by Crippen LogP contribution is 2.31. The van der Waals surface area contributed by atoms with Crippen LogP contribution in [0.15, 0.2) is 58.3 Å². The molecule has 2 aromatic rings. The molecule has 0 unspecified atom stereocenters. The molecule has 0 saturated carbocycles. The summed E-state index contributed by atoms with van der Waals surface area (Å²) in [5.41, 5.74) is 2.00. The molecule has 36 heavy (non-hydrogen) atoms. The van der Waals surface area contributed by atoms with Gasteiger partial charge < -0.3 is 9.80 Å². The Kier molecular flexibility index (Phi) is 8.09. The maximum atomic E-state index is 13.2. The van der Waals surface area contributed by atoms with E-state index in [4.69, 9.17) is 0 Å². The fourth-order valence-electron chi connectivity index (χ4n) is 5.24. The zero-order valence-corrected chi connectivity index (χ0v) is 22.7. The summed E-state index contributed by atoms with van der Waals surface area (Å²) in [6, 6.07) is 14.2. The van der Waals surface area contributed by atoms with E-state index in [2.05, 4.69) is 9.80 Å². The SMILES string of the molecule is CCS(=O)(=O)c1ccc(N2CCC(C(=O)C3CCN(c4ccc(S(=O)(=O)CC)cc4)CC3)CC2)cc1. The van der Waals surface area contributed by atoms with Gasteiger partial charge in [0.05, 0.1) is 21.3 Å². The molecule has 0 amide bonds. The van der Waals surface area contributed by atoms with Crippen LogP contribution in [0.3, 0.4) is 0 Å². The summed E-state index contributed by atoms with van der Waals surface area (Å²) in [4.78, 5) is 18.4. The highest BCUT2D eigenvalue weighted by molar-refractivity contribution is 7.91. The summed E-state index contributed by atoms with van der Waals surface area (Å²) in [7, 11) is -6.40. The molecule has 2 aromatic carbocycles. The zero-order chi connectivity index (χ0) is 25.9. The van der Waals surface area contributed by atoms with E-state index in [1.54, 1.807) is 38.1 Å². The van der Waals surface area contributed by atoms with Crippen LogP contribution in [0.1, 0.15) is 39.5 Å². The van der Waals surface area contributed by atoms with Crippen molar-refractivity contribution in [3.8, 4) is 0 Å². The van der Waals surface area contributed by atoms with Crippen molar-refractivity contribution in [1.82, 2.24) is 0 Å². The van der Waals surface area contributed by atoms with Gasteiger partial charge in [0.15, 0.2) is 19.7 Å². The van der Waals surface area contributed by atoms with E-state index >= 15 is 0 Å². The lowest BCUT2D eigenvalue weighted by Gasteiger charge is -2.37. The van der Waals surface area contributed by atoms with Crippen molar-refractivity contribution in [3.63, 3.8) is 0 Å². The Morgan fingerprint density at radius 3 is 1.22 bits per heavy atom. The smallest absolute Gasteiger partial charge is 0.178 e. The van der Waals surface area contributed by atoms with Crippen LogP contribution in [0.25, 0.3) is 0 Å². The largest absolute Gasteiger partial charge is 0.371 e. The van der Waals surface area contributed by atoms with Crippen LogP contribution in [0.4, 0.5) is 11.4 Å². The summed E-state index contributed by atoms with van der Waals surface area (Å²) in [5, 5.41) is 0. The Hall–Kier alpha value is -2.39. The molecule has 0 spiro atoms. The van der Waals surface area contributed by atoms with E-state index in [0.29, 0.717) is 15.6 Å². The Morgan fingerprint density at radius 2 is 0.944 bits per heavy atom. The summed E-state index contributed by atoms with van der Waals surface area (Å²) in [6.45, 7) is 6.47. The first-order valence-electron chi connectivity index (χ1n) is 12.8. The number of Topliss-reactive ketones (excluding diaryl/α,β-unsaturated/α-hetero) is 1. The van der Waals surface area contributed by atoms with Crippen molar-refractivity contribution >= 4 is 36.8 Å². The lowest BCUT2D eigenvalue weighted by Crippen LogP contribution is -2.41. The van der Waals surface area contributed by atoms with Gasteiger partial charge in [0.2, 0.25) is 0 Å². The second kappa shape index (κ2) is 10.9. The second-order valence-corrected chi connectivity index (χ2v) is 14.3. The van der Waals surface area contributed by atoms with Gasteiger partial charge in [0.25, 0.3) is 0 Å². The highest BCUT2D eigenvalue weighted by atomic mass is 32.2. The molecule has 0 atom stereocenters. The van der Waals surface area contributed by atoms with Gasteiger partial charge in [-0.15, -0.1) is 0 Å². The van der Waals surface area contributed by atoms with E-state index in [1.165, 1.54) is 0 Å². The molecule has 0 bridgehead atoms. The molecule has 196 valence electrons. The van der Waals surface area contributed by atoms with Crippen molar-refractivity contribution in [2.45, 2.75) is 49.3 Å². The predicted molar refractivity (Wildman–Crippen MR) is 143 cm³/mol. The number of nitrogens with zero attached hydrogens (tertiary/aromatic N) is 2. The average Bonchev–Trinajstić information content (AvgIpc) is 2.93. The molecule has 0 aliphatic carbocycles. The number of hydrogen-bond donors (Lipinski definition) is 0. The minimum absolute atomic E-state index is 0.0797. The van der Waals surface area contributed by atoms with Gasteiger partial charge in [-0.25, -0.2) is 16.8 Å². The van der Waals surface area contributed by atoms with Crippen LogP contribution in [0, 0.1) is 11.8 Å². The van der Waals surface area contributed by atoms with Crippen molar-refractivity contribution in [2.75, 3.05) is 47.5 Å². The van der Waals surface area contributed by atoms with E-state index in [9.17, 15) is 21.6 Å². The number of carbonyl (C=O) groups is 1. The number of hydrogen-bond acceptors (Lipinski definition) is 7. The normalized spacial score (nSPS) is 18.4. The van der Waals surface area contributed by atoms with Gasteiger partial charge in [0.1, 0.15) is 5.78 Å². The van der Waals surface area contributed by atoms with E-state index < -0.39 is 19.7 Å². The summed E-state index contributed by atoms with van der Waals surface area (Å²) in [6.07, 6.45) is 3.28. The molecular weight excluding hydrogens is 496 g/mol. The highest BCUT2D eigenvalue weighted by Gasteiger charge is 2.32. The van der Waals surface area contributed by atoms with E-state index in [1.807, 2.05) is 24.3 Å². The van der Waals surface area contributed by atoms with Gasteiger partial charge in [-0.3, -0.25) is 4.79 Å². The van der Waals surface area contributed by atoms with Crippen LogP contribution in [-0.4, -0.2) is 60.3 Å². The van der Waals surface area contributed by atoms with Crippen molar-refractivity contribution in [2.24, 2.45) is 11.8 Å². The van der Waals surface area contributed by atoms with Crippen LogP contribution in [0.2, 0.25) is 0 Å². The number of piperidine rings is 2. The number of ketones is 1. The summed E-state index contributed by atoms with van der Waals surface area (Å²) < 4.78 is 48.2. The molecule has 2 fully saturated rings. The number of carbonyl (C=O) groups excluding carboxylic acids is 1. The topological polar surface area (TPSA) is 91.8 Å². The van der Waals surface area contributed by atoms with Gasteiger partial charge in [-0.2, -0.15) is 0 Å². The number of rotatable bonds is 8. The Morgan fingerprint density at radius 1 is 0.639 bits per heavy atom. The molecule has 4 rings (SSSR count). The summed E-state index contributed by atoms with van der Waals surface area (Å²) in [5.74, 6) is 0.720. The summed E-state index contributed by atoms with van der Waals surface area (Å²) >= 11 is 0. The van der Waals surface area contributed by atoms with Crippen molar-refractivity contribution in [1.29, 1.82) is 0 Å². The molecule has 2 aliphatic heterocycles. The lowest BCUT2D eigenvalue weighted by atomic mass is 9.81. The average molecular weight is 533 g/mol. The molecule has 2 aliphatic rings. The number of benzene rings is 2. The fraction of sp³-hybridized carbons (Fsp3) is 0.519. The van der Waals surface area contributed by atoms with Crippen molar-refractivity contribution < 1.29 is 21.6 Å². The fourth-order valence-corrected chi connectivity index (χ4v) is 7.01. The van der Waals surface area contributed by atoms with Crippen LogP contribution in [-0.2, 0) is 24.5 Å². The first-order valence-corrected chi connectivity index (χ1v) is 16.1. The Bertz CT molecular complexity index is 1160. The van der Waals surface area contributed by atoms with Crippen LogP contribution >= 0.6 is 0 Å². The Labute approximate surface area is 215 Å².